The van der Waals surface area contributed by atoms with Crippen LogP contribution in [-0.2, 0) is 10.2 Å². The number of hydrogen-bond acceptors (Lipinski definition) is 4. The van der Waals surface area contributed by atoms with E-state index in [1.165, 1.54) is 19.3 Å². The molecule has 0 atom stereocenters. The van der Waals surface area contributed by atoms with Crippen LogP contribution in [0.2, 0.25) is 0 Å². The molecular weight excluding hydrogens is 292 g/mol. The van der Waals surface area contributed by atoms with E-state index in [0.29, 0.717) is 25.0 Å². The number of rotatable bonds is 7. The van der Waals surface area contributed by atoms with Crippen molar-refractivity contribution in [2.75, 3.05) is 13.7 Å². The summed E-state index contributed by atoms with van der Waals surface area (Å²) in [5, 5.41) is 8.77. The number of ether oxygens (including phenoxy) is 2. The summed E-state index contributed by atoms with van der Waals surface area (Å²) in [6.45, 7) is 2.38. The van der Waals surface area contributed by atoms with Crippen molar-refractivity contribution in [3.63, 3.8) is 0 Å². The summed E-state index contributed by atoms with van der Waals surface area (Å²) in [5.41, 5.74) is 1.23. The molecule has 0 radical (unpaired) electrons. The standard InChI is InChI=1S/C19H28O4/c1-19(11-5-3-6-12-19)16-14-15(9-10-17(16)22-2)23-18(21)8-4-7-13-20/h9-10,14,20H,3-8,11-13H2,1-2H3. The molecule has 0 saturated heterocycles. The first-order chi connectivity index (χ1) is 11.1. The molecule has 0 bridgehead atoms. The summed E-state index contributed by atoms with van der Waals surface area (Å²) >= 11 is 0. The highest BCUT2D eigenvalue weighted by molar-refractivity contribution is 5.72. The van der Waals surface area contributed by atoms with E-state index < -0.39 is 0 Å². The van der Waals surface area contributed by atoms with E-state index in [1.54, 1.807) is 13.2 Å². The van der Waals surface area contributed by atoms with Gasteiger partial charge in [-0.2, -0.15) is 0 Å². The zero-order valence-corrected chi connectivity index (χ0v) is 14.3. The smallest absolute Gasteiger partial charge is 0.311 e. The molecule has 1 aromatic rings. The molecule has 0 unspecified atom stereocenters. The molecule has 0 aliphatic heterocycles. The number of hydrogen-bond donors (Lipinski definition) is 1. The van der Waals surface area contributed by atoms with Crippen molar-refractivity contribution in [2.24, 2.45) is 0 Å². The number of aliphatic hydroxyl groups excluding tert-OH is 1. The van der Waals surface area contributed by atoms with Gasteiger partial charge in [0.2, 0.25) is 0 Å². The number of carbonyl (C=O) groups excluding carboxylic acids is 1. The highest BCUT2D eigenvalue weighted by Gasteiger charge is 2.32. The molecule has 23 heavy (non-hydrogen) atoms. The Bertz CT molecular complexity index is 518. The Balaban J connectivity index is 2.13. The molecule has 0 spiro atoms. The second-order valence-electron chi connectivity index (χ2n) is 6.64. The van der Waals surface area contributed by atoms with Gasteiger partial charge in [0.15, 0.2) is 0 Å². The fourth-order valence-corrected chi connectivity index (χ4v) is 3.39. The van der Waals surface area contributed by atoms with Crippen LogP contribution in [0.25, 0.3) is 0 Å². The number of methoxy groups -OCH3 is 1. The van der Waals surface area contributed by atoms with E-state index in [0.717, 1.165) is 24.2 Å². The monoisotopic (exact) mass is 320 g/mol. The van der Waals surface area contributed by atoms with Crippen LogP contribution in [-0.4, -0.2) is 24.8 Å². The maximum Gasteiger partial charge on any atom is 0.311 e. The zero-order valence-electron chi connectivity index (χ0n) is 14.3. The van der Waals surface area contributed by atoms with Crippen molar-refractivity contribution >= 4 is 5.97 Å². The van der Waals surface area contributed by atoms with Crippen molar-refractivity contribution in [2.45, 2.75) is 63.7 Å². The second kappa shape index (κ2) is 8.34. The molecule has 1 aliphatic carbocycles. The molecule has 2 rings (SSSR count). The topological polar surface area (TPSA) is 55.8 Å². The van der Waals surface area contributed by atoms with Crippen molar-refractivity contribution in [3.8, 4) is 11.5 Å². The predicted molar refractivity (Wildman–Crippen MR) is 90.0 cm³/mol. The van der Waals surface area contributed by atoms with Crippen molar-refractivity contribution in [1.82, 2.24) is 0 Å². The summed E-state index contributed by atoms with van der Waals surface area (Å²) < 4.78 is 11.0. The van der Waals surface area contributed by atoms with Gasteiger partial charge in [-0.05, 0) is 49.3 Å². The highest BCUT2D eigenvalue weighted by atomic mass is 16.5. The van der Waals surface area contributed by atoms with Gasteiger partial charge in [-0.15, -0.1) is 0 Å². The van der Waals surface area contributed by atoms with Crippen LogP contribution < -0.4 is 9.47 Å². The van der Waals surface area contributed by atoms with E-state index in [-0.39, 0.29) is 18.0 Å². The minimum Gasteiger partial charge on any atom is -0.496 e. The first kappa shape index (κ1) is 17.8. The number of carbonyl (C=O) groups is 1. The van der Waals surface area contributed by atoms with Crippen molar-refractivity contribution in [1.29, 1.82) is 0 Å². The number of aliphatic hydroxyl groups is 1. The van der Waals surface area contributed by atoms with E-state index in [4.69, 9.17) is 14.6 Å². The van der Waals surface area contributed by atoms with E-state index in [1.807, 2.05) is 12.1 Å². The molecule has 1 aliphatic rings. The van der Waals surface area contributed by atoms with Gasteiger partial charge in [0.25, 0.3) is 0 Å². The molecule has 1 aromatic carbocycles. The van der Waals surface area contributed by atoms with Crippen LogP contribution >= 0.6 is 0 Å². The largest absolute Gasteiger partial charge is 0.496 e. The molecule has 4 heteroatoms. The van der Waals surface area contributed by atoms with Crippen molar-refractivity contribution in [3.05, 3.63) is 23.8 Å². The number of benzene rings is 1. The van der Waals surface area contributed by atoms with Gasteiger partial charge in [-0.25, -0.2) is 0 Å². The van der Waals surface area contributed by atoms with E-state index in [9.17, 15) is 4.79 Å². The Hall–Kier alpha value is -1.55. The average molecular weight is 320 g/mol. The lowest BCUT2D eigenvalue weighted by atomic mass is 9.70. The SMILES string of the molecule is COc1ccc(OC(=O)CCCCO)cc1C1(C)CCCCC1. The Morgan fingerprint density at radius 3 is 2.61 bits per heavy atom. The second-order valence-corrected chi connectivity index (χ2v) is 6.64. The molecule has 4 nitrogen and oxygen atoms in total. The quantitative estimate of drug-likeness (QED) is 0.469. The molecule has 0 amide bonds. The molecule has 1 N–H and O–H groups in total. The first-order valence-electron chi connectivity index (χ1n) is 8.59. The molecule has 1 fully saturated rings. The van der Waals surface area contributed by atoms with Crippen LogP contribution in [0.3, 0.4) is 0 Å². The van der Waals surface area contributed by atoms with Crippen LogP contribution in [0, 0.1) is 0 Å². The van der Waals surface area contributed by atoms with Gasteiger partial charge in [-0.3, -0.25) is 4.79 Å². The van der Waals surface area contributed by atoms with Crippen LogP contribution in [0.4, 0.5) is 0 Å². The fraction of sp³-hybridized carbons (Fsp3) is 0.632. The first-order valence-corrected chi connectivity index (χ1v) is 8.59. The molecule has 128 valence electrons. The summed E-state index contributed by atoms with van der Waals surface area (Å²) in [6.07, 6.45) is 7.62. The Morgan fingerprint density at radius 2 is 1.96 bits per heavy atom. The Morgan fingerprint density at radius 1 is 1.22 bits per heavy atom. The van der Waals surface area contributed by atoms with Crippen LogP contribution in [0.5, 0.6) is 11.5 Å². The summed E-state index contributed by atoms with van der Waals surface area (Å²) in [6, 6.07) is 5.65. The van der Waals surface area contributed by atoms with Gasteiger partial charge in [0.1, 0.15) is 11.5 Å². The number of unbranched alkanes of at least 4 members (excludes halogenated alkanes) is 1. The number of esters is 1. The molecule has 0 heterocycles. The van der Waals surface area contributed by atoms with Gasteiger partial charge >= 0.3 is 5.97 Å². The minimum absolute atomic E-state index is 0.0862. The van der Waals surface area contributed by atoms with Crippen LogP contribution in [0.1, 0.15) is 63.9 Å². The van der Waals surface area contributed by atoms with Gasteiger partial charge in [-0.1, -0.05) is 26.2 Å². The lowest BCUT2D eigenvalue weighted by Gasteiger charge is -2.35. The van der Waals surface area contributed by atoms with E-state index in [2.05, 4.69) is 6.92 Å². The third-order valence-corrected chi connectivity index (χ3v) is 4.80. The van der Waals surface area contributed by atoms with E-state index >= 15 is 0 Å². The maximum atomic E-state index is 11.9. The normalized spacial score (nSPS) is 16.8. The van der Waals surface area contributed by atoms with Crippen LogP contribution in [0.15, 0.2) is 18.2 Å². The Kier molecular flexibility index (Phi) is 6.46. The lowest BCUT2D eigenvalue weighted by Crippen LogP contribution is -2.25. The predicted octanol–water partition coefficient (Wildman–Crippen LogP) is 3.99. The van der Waals surface area contributed by atoms with Gasteiger partial charge < -0.3 is 14.6 Å². The zero-order chi connectivity index (χ0) is 16.7. The van der Waals surface area contributed by atoms with Crippen molar-refractivity contribution < 1.29 is 19.4 Å². The summed E-state index contributed by atoms with van der Waals surface area (Å²) in [4.78, 5) is 11.9. The summed E-state index contributed by atoms with van der Waals surface area (Å²) in [7, 11) is 1.69. The van der Waals surface area contributed by atoms with Gasteiger partial charge in [0, 0.05) is 18.6 Å². The minimum atomic E-state index is -0.247. The Labute approximate surface area is 138 Å². The third kappa shape index (κ3) is 4.71. The molecule has 0 aromatic heterocycles. The summed E-state index contributed by atoms with van der Waals surface area (Å²) in [5.74, 6) is 1.21. The third-order valence-electron chi connectivity index (χ3n) is 4.80. The molecule has 1 saturated carbocycles. The average Bonchev–Trinajstić information content (AvgIpc) is 2.56. The lowest BCUT2D eigenvalue weighted by molar-refractivity contribution is -0.134. The maximum absolute atomic E-state index is 11.9. The molecular formula is C19H28O4. The highest BCUT2D eigenvalue weighted by Crippen LogP contribution is 2.44. The fourth-order valence-electron chi connectivity index (χ4n) is 3.39. The van der Waals surface area contributed by atoms with Gasteiger partial charge in [0.05, 0.1) is 7.11 Å².